The number of rotatable bonds is 6. The topological polar surface area (TPSA) is 72.2 Å². The minimum absolute atomic E-state index is 0.114. The fourth-order valence-corrected chi connectivity index (χ4v) is 1.49. The zero-order valence-electron chi connectivity index (χ0n) is 12.2. The third-order valence-electron chi connectivity index (χ3n) is 3.36. The molecule has 1 aromatic carbocycles. The molecule has 1 rings (SSSR count). The van der Waals surface area contributed by atoms with Gasteiger partial charge in [0.25, 0.3) is 0 Å². The molecule has 0 aliphatic heterocycles. The fourth-order valence-electron chi connectivity index (χ4n) is 1.49. The first-order valence-electron chi connectivity index (χ1n) is 6.76. The van der Waals surface area contributed by atoms with Gasteiger partial charge in [-0.25, -0.2) is 0 Å². The lowest BCUT2D eigenvalue weighted by Gasteiger charge is -2.15. The number of nitrogens with one attached hydrogen (secondary N) is 1. The number of carbonyl (C=O) groups excluding carboxylic acids is 2. The Kier molecular flexibility index (Phi) is 5.97. The second kappa shape index (κ2) is 7.48. The van der Waals surface area contributed by atoms with Crippen molar-refractivity contribution in [1.82, 2.24) is 5.32 Å². The molecule has 20 heavy (non-hydrogen) atoms. The highest BCUT2D eigenvalue weighted by Gasteiger charge is 2.07. The summed E-state index contributed by atoms with van der Waals surface area (Å²) in [6.07, 6.45) is 3.20. The molecule has 0 saturated heterocycles. The Morgan fingerprint density at radius 3 is 2.30 bits per heavy atom. The lowest BCUT2D eigenvalue weighted by molar-refractivity contribution is -0.116. The molecule has 0 bridgehead atoms. The van der Waals surface area contributed by atoms with E-state index in [1.807, 2.05) is 0 Å². The van der Waals surface area contributed by atoms with E-state index in [2.05, 4.69) is 26.1 Å². The predicted octanol–water partition coefficient (Wildman–Crippen LogP) is 2.21. The monoisotopic (exact) mass is 274 g/mol. The van der Waals surface area contributed by atoms with Gasteiger partial charge in [0.05, 0.1) is 0 Å². The van der Waals surface area contributed by atoms with Crippen LogP contribution in [0.25, 0.3) is 6.08 Å². The minimum Gasteiger partial charge on any atom is -0.366 e. The average Bonchev–Trinajstić information content (AvgIpc) is 2.42. The maximum Gasteiger partial charge on any atom is 0.248 e. The average molecular weight is 274 g/mol. The van der Waals surface area contributed by atoms with Crippen molar-refractivity contribution in [3.8, 4) is 0 Å². The van der Waals surface area contributed by atoms with Gasteiger partial charge in [0.15, 0.2) is 0 Å². The highest BCUT2D eigenvalue weighted by molar-refractivity contribution is 5.94. The van der Waals surface area contributed by atoms with Gasteiger partial charge in [0, 0.05) is 18.2 Å². The van der Waals surface area contributed by atoms with E-state index in [4.69, 9.17) is 5.73 Å². The van der Waals surface area contributed by atoms with Crippen LogP contribution >= 0.6 is 0 Å². The Labute approximate surface area is 120 Å². The van der Waals surface area contributed by atoms with Crippen molar-refractivity contribution >= 4 is 17.9 Å². The number of carbonyl (C=O) groups is 2. The molecule has 108 valence electrons. The third kappa shape index (κ3) is 5.26. The molecule has 3 N–H and O–H groups in total. The van der Waals surface area contributed by atoms with E-state index in [1.165, 1.54) is 6.08 Å². The molecule has 1 unspecified atom stereocenters. The smallest absolute Gasteiger partial charge is 0.248 e. The quantitative estimate of drug-likeness (QED) is 0.781. The van der Waals surface area contributed by atoms with Crippen LogP contribution < -0.4 is 11.1 Å². The number of primary amides is 1. The first-order valence-corrected chi connectivity index (χ1v) is 6.76. The van der Waals surface area contributed by atoms with Crippen molar-refractivity contribution < 1.29 is 9.59 Å². The van der Waals surface area contributed by atoms with Crippen molar-refractivity contribution in [3.05, 3.63) is 41.5 Å². The van der Waals surface area contributed by atoms with E-state index in [-0.39, 0.29) is 5.91 Å². The SMILES string of the molecule is CC(C)C(C)CNC(=O)C=Cc1ccc(C(N)=O)cc1. The number of hydrogen-bond donors (Lipinski definition) is 2. The van der Waals surface area contributed by atoms with E-state index in [9.17, 15) is 9.59 Å². The van der Waals surface area contributed by atoms with E-state index in [0.717, 1.165) is 5.56 Å². The first-order chi connectivity index (χ1) is 9.40. The summed E-state index contributed by atoms with van der Waals surface area (Å²) < 4.78 is 0. The van der Waals surface area contributed by atoms with Crippen LogP contribution in [0.3, 0.4) is 0 Å². The van der Waals surface area contributed by atoms with Crippen LogP contribution in [0.4, 0.5) is 0 Å². The molecule has 0 aromatic heterocycles. The standard InChI is InChI=1S/C16H22N2O2/c1-11(2)12(3)10-18-15(19)9-6-13-4-7-14(8-5-13)16(17)20/h4-9,11-12H,10H2,1-3H3,(H2,17,20)(H,18,19). The third-order valence-corrected chi connectivity index (χ3v) is 3.36. The summed E-state index contributed by atoms with van der Waals surface area (Å²) in [5, 5.41) is 2.86. The van der Waals surface area contributed by atoms with Gasteiger partial charge >= 0.3 is 0 Å². The Morgan fingerprint density at radius 1 is 1.20 bits per heavy atom. The zero-order chi connectivity index (χ0) is 15.1. The summed E-state index contributed by atoms with van der Waals surface area (Å²) >= 11 is 0. The summed E-state index contributed by atoms with van der Waals surface area (Å²) in [7, 11) is 0. The van der Waals surface area contributed by atoms with Crippen LogP contribution in [0.1, 0.15) is 36.7 Å². The predicted molar refractivity (Wildman–Crippen MR) is 81.0 cm³/mol. The first kappa shape index (κ1) is 16.0. The van der Waals surface area contributed by atoms with Gasteiger partial charge in [0.2, 0.25) is 11.8 Å². The summed E-state index contributed by atoms with van der Waals surface area (Å²) in [4.78, 5) is 22.6. The van der Waals surface area contributed by atoms with Crippen molar-refractivity contribution in [2.45, 2.75) is 20.8 Å². The van der Waals surface area contributed by atoms with Gasteiger partial charge in [-0.05, 0) is 35.6 Å². The molecule has 0 saturated carbocycles. The van der Waals surface area contributed by atoms with E-state index in [0.29, 0.717) is 23.9 Å². The minimum atomic E-state index is -0.457. The number of benzene rings is 1. The van der Waals surface area contributed by atoms with Crippen LogP contribution in [-0.2, 0) is 4.79 Å². The van der Waals surface area contributed by atoms with E-state index >= 15 is 0 Å². The van der Waals surface area contributed by atoms with Gasteiger partial charge < -0.3 is 11.1 Å². The van der Waals surface area contributed by atoms with Crippen LogP contribution in [0.5, 0.6) is 0 Å². The molecule has 0 aliphatic carbocycles. The highest BCUT2D eigenvalue weighted by atomic mass is 16.1. The molecule has 0 spiro atoms. The summed E-state index contributed by atoms with van der Waals surface area (Å²) in [6.45, 7) is 7.04. The van der Waals surface area contributed by atoms with Crippen molar-refractivity contribution in [1.29, 1.82) is 0 Å². The lowest BCUT2D eigenvalue weighted by atomic mass is 9.98. The molecule has 0 heterocycles. The molecule has 1 aromatic rings. The Balaban J connectivity index is 2.51. The van der Waals surface area contributed by atoms with Crippen LogP contribution in [0.2, 0.25) is 0 Å². The van der Waals surface area contributed by atoms with E-state index < -0.39 is 5.91 Å². The maximum absolute atomic E-state index is 11.6. The molecule has 0 radical (unpaired) electrons. The normalized spacial score (nSPS) is 12.6. The molecule has 2 amide bonds. The molecule has 4 heteroatoms. The molecule has 0 aliphatic rings. The van der Waals surface area contributed by atoms with Gasteiger partial charge in [-0.15, -0.1) is 0 Å². The van der Waals surface area contributed by atoms with Crippen molar-refractivity contribution in [3.63, 3.8) is 0 Å². The molecule has 0 fully saturated rings. The summed E-state index contributed by atoms with van der Waals surface area (Å²) in [5.74, 6) is 0.417. The number of nitrogens with two attached hydrogens (primary N) is 1. The van der Waals surface area contributed by atoms with Crippen LogP contribution in [-0.4, -0.2) is 18.4 Å². The van der Waals surface area contributed by atoms with Gasteiger partial charge in [0.1, 0.15) is 0 Å². The fraction of sp³-hybridized carbons (Fsp3) is 0.375. The van der Waals surface area contributed by atoms with E-state index in [1.54, 1.807) is 30.3 Å². The van der Waals surface area contributed by atoms with Crippen LogP contribution in [0.15, 0.2) is 30.3 Å². The maximum atomic E-state index is 11.6. The lowest BCUT2D eigenvalue weighted by Crippen LogP contribution is -2.28. The molecule has 4 nitrogen and oxygen atoms in total. The van der Waals surface area contributed by atoms with Gasteiger partial charge in [-0.3, -0.25) is 9.59 Å². The number of amides is 2. The largest absolute Gasteiger partial charge is 0.366 e. The highest BCUT2D eigenvalue weighted by Crippen LogP contribution is 2.08. The zero-order valence-corrected chi connectivity index (χ0v) is 12.2. The second-order valence-corrected chi connectivity index (χ2v) is 5.29. The Hall–Kier alpha value is -2.10. The molecular formula is C16H22N2O2. The second-order valence-electron chi connectivity index (χ2n) is 5.29. The number of hydrogen-bond acceptors (Lipinski definition) is 2. The van der Waals surface area contributed by atoms with Crippen LogP contribution in [0, 0.1) is 11.8 Å². The summed E-state index contributed by atoms with van der Waals surface area (Å²) in [6, 6.07) is 6.78. The van der Waals surface area contributed by atoms with Crippen molar-refractivity contribution in [2.75, 3.05) is 6.54 Å². The van der Waals surface area contributed by atoms with Gasteiger partial charge in [-0.2, -0.15) is 0 Å². The Bertz CT molecular complexity index is 490. The van der Waals surface area contributed by atoms with Gasteiger partial charge in [-0.1, -0.05) is 32.9 Å². The molecule has 1 atom stereocenters. The summed E-state index contributed by atoms with van der Waals surface area (Å²) in [5.41, 5.74) is 6.46. The van der Waals surface area contributed by atoms with Crippen molar-refractivity contribution in [2.24, 2.45) is 17.6 Å². The Morgan fingerprint density at radius 2 is 1.80 bits per heavy atom. The molecular weight excluding hydrogens is 252 g/mol.